The Morgan fingerprint density at radius 1 is 0.722 bits per heavy atom. The molecule has 0 spiro atoms. The Balaban J connectivity index is 2.92. The first-order valence-electron chi connectivity index (χ1n) is 7.90. The minimum Gasteiger partial charge on any atom is -0.288 e. The van der Waals surface area contributed by atoms with E-state index in [1.807, 2.05) is 0 Å². The smallest absolute Gasteiger partial charge is 0.185 e. The molecule has 0 aliphatic rings. The third-order valence-corrected chi connectivity index (χ3v) is 4.20. The van der Waals surface area contributed by atoms with Crippen molar-refractivity contribution in [3.05, 3.63) is 0 Å². The number of hydrogen-bond acceptors (Lipinski definition) is 2. The van der Waals surface area contributed by atoms with Crippen LogP contribution in [0.4, 0.5) is 0 Å². The van der Waals surface area contributed by atoms with Crippen molar-refractivity contribution in [3.8, 4) is 0 Å². The van der Waals surface area contributed by atoms with Gasteiger partial charge in [0, 0.05) is 12.7 Å². The number of hydrogen-bond donors (Lipinski definition) is 0. The van der Waals surface area contributed by atoms with Gasteiger partial charge in [-0.25, -0.2) is 0 Å². The van der Waals surface area contributed by atoms with Gasteiger partial charge in [0.2, 0.25) is 0 Å². The maximum Gasteiger partial charge on any atom is 0.185 e. The van der Waals surface area contributed by atoms with Gasteiger partial charge in [0.1, 0.15) is 0 Å². The molecule has 0 bridgehead atoms. The molecule has 0 aliphatic carbocycles. The lowest BCUT2D eigenvalue weighted by atomic mass is 10.1. The van der Waals surface area contributed by atoms with Crippen LogP contribution in [0.3, 0.4) is 0 Å². The fraction of sp³-hybridized carbons (Fsp3) is 0.938. The lowest BCUT2D eigenvalue weighted by Crippen LogP contribution is -1.87. The Morgan fingerprint density at radius 2 is 1.11 bits per heavy atom. The molecule has 0 unspecified atom stereocenters. The summed E-state index contributed by atoms with van der Waals surface area (Å²) in [4.78, 5) is 10.7. The van der Waals surface area contributed by atoms with Gasteiger partial charge in [-0.3, -0.25) is 4.79 Å². The molecule has 0 saturated carbocycles. The normalized spacial score (nSPS) is 10.8. The van der Waals surface area contributed by atoms with Crippen molar-refractivity contribution in [2.75, 3.05) is 5.75 Å². The fourth-order valence-corrected chi connectivity index (χ4v) is 2.79. The predicted octanol–water partition coefficient (Wildman–Crippen LogP) is 5.97. The Bertz CT molecular complexity index is 180. The summed E-state index contributed by atoms with van der Waals surface area (Å²) in [6, 6.07) is 0. The summed E-state index contributed by atoms with van der Waals surface area (Å²) < 4.78 is 0. The Labute approximate surface area is 118 Å². The van der Waals surface area contributed by atoms with Crippen LogP contribution >= 0.6 is 11.8 Å². The second-order valence-electron chi connectivity index (χ2n) is 5.23. The highest BCUT2D eigenvalue weighted by Crippen LogP contribution is 2.13. The van der Waals surface area contributed by atoms with Crippen LogP contribution in [0.1, 0.15) is 90.9 Å². The molecule has 0 aromatic heterocycles. The predicted molar refractivity (Wildman–Crippen MR) is 84.2 cm³/mol. The Morgan fingerprint density at radius 3 is 1.50 bits per heavy atom. The van der Waals surface area contributed by atoms with Crippen molar-refractivity contribution in [1.29, 1.82) is 0 Å². The van der Waals surface area contributed by atoms with Crippen LogP contribution in [0.15, 0.2) is 0 Å². The van der Waals surface area contributed by atoms with Crippen molar-refractivity contribution >= 4 is 16.9 Å². The number of carbonyl (C=O) groups excluding carboxylic acids is 1. The third-order valence-electron chi connectivity index (χ3n) is 3.30. The van der Waals surface area contributed by atoms with Gasteiger partial charge in [0.25, 0.3) is 0 Å². The molecule has 18 heavy (non-hydrogen) atoms. The lowest BCUT2D eigenvalue weighted by Gasteiger charge is -2.02. The maximum atomic E-state index is 10.7. The highest BCUT2D eigenvalue weighted by atomic mass is 32.2. The molecule has 2 heteroatoms. The van der Waals surface area contributed by atoms with Gasteiger partial charge in [-0.1, -0.05) is 89.3 Å². The first kappa shape index (κ1) is 18.0. The molecule has 0 aliphatic heterocycles. The summed E-state index contributed by atoms with van der Waals surface area (Å²) >= 11 is 1.47. The van der Waals surface area contributed by atoms with Crippen molar-refractivity contribution in [3.63, 3.8) is 0 Å². The molecule has 0 N–H and O–H groups in total. The molecule has 0 heterocycles. The van der Waals surface area contributed by atoms with Gasteiger partial charge < -0.3 is 0 Å². The topological polar surface area (TPSA) is 17.1 Å². The van der Waals surface area contributed by atoms with E-state index in [-0.39, 0.29) is 5.12 Å². The van der Waals surface area contributed by atoms with E-state index < -0.39 is 0 Å². The van der Waals surface area contributed by atoms with Crippen LogP contribution in [0, 0.1) is 0 Å². The molecule has 0 aromatic carbocycles. The van der Waals surface area contributed by atoms with Crippen molar-refractivity contribution < 1.29 is 4.79 Å². The standard InChI is InChI=1S/C16H32OS/c1-3-4-5-6-7-8-9-10-11-12-13-14-15-18-16(2)17/h3-15H2,1-2H3. The summed E-state index contributed by atoms with van der Waals surface area (Å²) in [5.41, 5.74) is 0. The SMILES string of the molecule is CCCCCCCCCCCCCCSC(C)=O. The third kappa shape index (κ3) is 16.0. The molecule has 0 amide bonds. The van der Waals surface area contributed by atoms with Gasteiger partial charge in [0.15, 0.2) is 5.12 Å². The zero-order chi connectivity index (χ0) is 13.5. The van der Waals surface area contributed by atoms with Crippen molar-refractivity contribution in [2.45, 2.75) is 90.9 Å². The van der Waals surface area contributed by atoms with Crippen LogP contribution in [-0.4, -0.2) is 10.9 Å². The summed E-state index contributed by atoms with van der Waals surface area (Å²) in [6.07, 6.45) is 16.6. The summed E-state index contributed by atoms with van der Waals surface area (Å²) in [5.74, 6) is 1.02. The van der Waals surface area contributed by atoms with Crippen LogP contribution in [0.25, 0.3) is 0 Å². The average Bonchev–Trinajstić information content (AvgIpc) is 2.34. The average molecular weight is 272 g/mol. The van der Waals surface area contributed by atoms with Gasteiger partial charge in [0.05, 0.1) is 0 Å². The van der Waals surface area contributed by atoms with E-state index >= 15 is 0 Å². The first-order chi connectivity index (χ1) is 8.77. The molecule has 0 aromatic rings. The zero-order valence-corrected chi connectivity index (χ0v) is 13.3. The van der Waals surface area contributed by atoms with Crippen LogP contribution < -0.4 is 0 Å². The Hall–Kier alpha value is 0.0200. The highest BCUT2D eigenvalue weighted by Gasteiger charge is 1.95. The molecule has 0 radical (unpaired) electrons. The van der Waals surface area contributed by atoms with Crippen LogP contribution in [0.2, 0.25) is 0 Å². The molecular formula is C16H32OS. The number of carbonyl (C=O) groups is 1. The van der Waals surface area contributed by atoms with Gasteiger partial charge in [-0.05, 0) is 6.42 Å². The van der Waals surface area contributed by atoms with Crippen molar-refractivity contribution in [1.82, 2.24) is 0 Å². The second kappa shape index (κ2) is 15.1. The quantitative estimate of drug-likeness (QED) is 0.384. The molecule has 0 fully saturated rings. The summed E-state index contributed by atoms with van der Waals surface area (Å²) in [6.45, 7) is 3.93. The molecule has 108 valence electrons. The summed E-state index contributed by atoms with van der Waals surface area (Å²) in [7, 11) is 0. The van der Waals surface area contributed by atoms with E-state index in [1.165, 1.54) is 88.8 Å². The van der Waals surface area contributed by atoms with Crippen LogP contribution in [-0.2, 0) is 4.79 Å². The molecule has 0 atom stereocenters. The molecule has 1 nitrogen and oxygen atoms in total. The molecule has 0 rings (SSSR count). The van der Waals surface area contributed by atoms with Gasteiger partial charge in [-0.15, -0.1) is 0 Å². The second-order valence-corrected chi connectivity index (χ2v) is 6.50. The van der Waals surface area contributed by atoms with E-state index in [0.717, 1.165) is 5.75 Å². The largest absolute Gasteiger partial charge is 0.288 e. The number of unbranched alkanes of at least 4 members (excludes halogenated alkanes) is 11. The summed E-state index contributed by atoms with van der Waals surface area (Å²) in [5, 5.41) is 0.262. The minimum atomic E-state index is 0.262. The van der Waals surface area contributed by atoms with E-state index in [0.29, 0.717) is 0 Å². The zero-order valence-electron chi connectivity index (χ0n) is 12.5. The highest BCUT2D eigenvalue weighted by molar-refractivity contribution is 8.13. The van der Waals surface area contributed by atoms with E-state index in [9.17, 15) is 4.79 Å². The fourth-order valence-electron chi connectivity index (χ4n) is 2.16. The molecule has 0 saturated heterocycles. The lowest BCUT2D eigenvalue weighted by molar-refractivity contribution is -0.109. The first-order valence-corrected chi connectivity index (χ1v) is 8.89. The minimum absolute atomic E-state index is 0.262. The Kier molecular flexibility index (Phi) is 15.1. The maximum absolute atomic E-state index is 10.7. The van der Waals surface area contributed by atoms with Gasteiger partial charge in [-0.2, -0.15) is 0 Å². The number of thioether (sulfide) groups is 1. The molecular weight excluding hydrogens is 240 g/mol. The van der Waals surface area contributed by atoms with E-state index in [4.69, 9.17) is 0 Å². The van der Waals surface area contributed by atoms with E-state index in [1.54, 1.807) is 6.92 Å². The van der Waals surface area contributed by atoms with Crippen LogP contribution in [0.5, 0.6) is 0 Å². The monoisotopic (exact) mass is 272 g/mol. The van der Waals surface area contributed by atoms with Gasteiger partial charge >= 0.3 is 0 Å². The number of rotatable bonds is 13. The van der Waals surface area contributed by atoms with E-state index in [2.05, 4.69) is 6.92 Å². The van der Waals surface area contributed by atoms with Crippen molar-refractivity contribution in [2.24, 2.45) is 0 Å².